The molecule has 2 unspecified atom stereocenters. The second-order valence-corrected chi connectivity index (χ2v) is 6.37. The van der Waals surface area contributed by atoms with Crippen LogP contribution in [0.15, 0.2) is 24.7 Å². The van der Waals surface area contributed by atoms with Gasteiger partial charge in [0, 0.05) is 30.4 Å². The molecule has 21 heavy (non-hydrogen) atoms. The Labute approximate surface area is 124 Å². The van der Waals surface area contributed by atoms with Gasteiger partial charge in [-0.15, -0.1) is 0 Å². The van der Waals surface area contributed by atoms with Crippen molar-refractivity contribution < 1.29 is 4.79 Å². The maximum absolute atomic E-state index is 12.9. The van der Waals surface area contributed by atoms with E-state index in [2.05, 4.69) is 21.9 Å². The van der Waals surface area contributed by atoms with Crippen LogP contribution in [0, 0.1) is 5.92 Å². The molecule has 4 heterocycles. The van der Waals surface area contributed by atoms with Gasteiger partial charge < -0.3 is 4.90 Å². The van der Waals surface area contributed by atoms with Crippen molar-refractivity contribution in [1.82, 2.24) is 19.3 Å². The van der Waals surface area contributed by atoms with Crippen molar-refractivity contribution >= 4 is 11.6 Å². The summed E-state index contributed by atoms with van der Waals surface area (Å²) in [6, 6.07) is 2.99. The van der Waals surface area contributed by atoms with Crippen LogP contribution in [-0.4, -0.2) is 44.2 Å². The number of ketones is 1. The van der Waals surface area contributed by atoms with Crippen LogP contribution in [0.5, 0.6) is 0 Å². The lowest BCUT2D eigenvalue weighted by atomic mass is 9.76. The molecule has 0 spiro atoms. The summed E-state index contributed by atoms with van der Waals surface area (Å²) in [5, 5.41) is 0. The zero-order valence-electron chi connectivity index (χ0n) is 12.3. The molecule has 2 bridgehead atoms. The molecule has 2 aliphatic rings. The van der Waals surface area contributed by atoms with E-state index < -0.39 is 0 Å². The van der Waals surface area contributed by atoms with E-state index in [9.17, 15) is 4.79 Å². The normalized spacial score (nSPS) is 29.7. The summed E-state index contributed by atoms with van der Waals surface area (Å²) in [6.45, 7) is 0. The third-order valence-corrected chi connectivity index (χ3v) is 5.25. The molecule has 2 saturated heterocycles. The molecule has 5 nitrogen and oxygen atoms in total. The summed E-state index contributed by atoms with van der Waals surface area (Å²) in [5.41, 5.74) is 0.686. The molecule has 0 amide bonds. The van der Waals surface area contributed by atoms with Crippen LogP contribution < -0.4 is 0 Å². The van der Waals surface area contributed by atoms with E-state index in [1.54, 1.807) is 12.4 Å². The lowest BCUT2D eigenvalue weighted by molar-refractivity contribution is 0.0336. The van der Waals surface area contributed by atoms with Crippen molar-refractivity contribution in [3.63, 3.8) is 0 Å². The maximum Gasteiger partial charge on any atom is 0.234 e. The number of fused-ring (bicyclic) bond motifs is 3. The highest BCUT2D eigenvalue weighted by Gasteiger charge is 2.39. The second kappa shape index (κ2) is 4.91. The van der Waals surface area contributed by atoms with E-state index in [0.717, 1.165) is 12.8 Å². The summed E-state index contributed by atoms with van der Waals surface area (Å²) in [4.78, 5) is 23.8. The minimum absolute atomic E-state index is 0.136. The molecule has 0 aliphatic carbocycles. The lowest BCUT2D eigenvalue weighted by Gasteiger charge is -2.46. The average Bonchev–Trinajstić information content (AvgIpc) is 2.90. The molecular formula is C16H20N4O. The Kier molecular flexibility index (Phi) is 3.03. The number of nitrogens with zero attached hydrogens (tertiary/aromatic N) is 4. The van der Waals surface area contributed by atoms with E-state index in [0.29, 0.717) is 23.6 Å². The first kappa shape index (κ1) is 13.0. The van der Waals surface area contributed by atoms with Crippen molar-refractivity contribution in [2.75, 3.05) is 7.05 Å². The molecule has 2 fully saturated rings. The van der Waals surface area contributed by atoms with Crippen molar-refractivity contribution in [2.24, 2.45) is 5.92 Å². The monoisotopic (exact) mass is 284 g/mol. The zero-order chi connectivity index (χ0) is 14.4. The summed E-state index contributed by atoms with van der Waals surface area (Å²) in [5.74, 6) is 0.978. The van der Waals surface area contributed by atoms with Crippen molar-refractivity contribution in [2.45, 2.75) is 44.2 Å². The summed E-state index contributed by atoms with van der Waals surface area (Å²) >= 11 is 0. The van der Waals surface area contributed by atoms with E-state index in [4.69, 9.17) is 0 Å². The number of hydrogen-bond donors (Lipinski definition) is 0. The van der Waals surface area contributed by atoms with Gasteiger partial charge >= 0.3 is 0 Å². The molecule has 0 N–H and O–H groups in total. The van der Waals surface area contributed by atoms with Crippen LogP contribution in [0.2, 0.25) is 0 Å². The standard InChI is InChI=1S/C16H20N4O/c1-19-12-4-2-5-13(19)9-11(8-12)15(21)14-10-18-16-17-6-3-7-20(14)16/h3,6-7,10-13H,2,4-5,8-9H2,1H3. The molecule has 0 saturated carbocycles. The summed E-state index contributed by atoms with van der Waals surface area (Å²) in [6.07, 6.45) is 11.0. The van der Waals surface area contributed by atoms with Gasteiger partial charge in [-0.05, 0) is 38.8 Å². The molecule has 4 rings (SSSR count). The van der Waals surface area contributed by atoms with Gasteiger partial charge in [0.05, 0.1) is 6.20 Å². The number of Topliss-reactive ketones (excluding diaryl/α,β-unsaturated/α-hetero) is 1. The molecule has 110 valence electrons. The SMILES string of the molecule is CN1C2CCCC1CC(C(=O)c1cnc3ncccn13)C2. The Balaban J connectivity index is 1.63. The Morgan fingerprint density at radius 2 is 2.00 bits per heavy atom. The topological polar surface area (TPSA) is 50.5 Å². The first-order valence-electron chi connectivity index (χ1n) is 7.78. The van der Waals surface area contributed by atoms with Crippen LogP contribution in [0.25, 0.3) is 5.78 Å². The van der Waals surface area contributed by atoms with Gasteiger partial charge in [0.1, 0.15) is 5.69 Å². The lowest BCUT2D eigenvalue weighted by Crippen LogP contribution is -2.51. The molecule has 0 aromatic carbocycles. The maximum atomic E-state index is 12.9. The number of hydrogen-bond acceptors (Lipinski definition) is 4. The zero-order valence-corrected chi connectivity index (χ0v) is 12.3. The molecule has 2 aromatic rings. The molecule has 2 atom stereocenters. The number of piperidine rings is 2. The van der Waals surface area contributed by atoms with E-state index >= 15 is 0 Å². The molecule has 0 radical (unpaired) electrons. The first-order valence-corrected chi connectivity index (χ1v) is 7.78. The van der Waals surface area contributed by atoms with Gasteiger partial charge in [0.25, 0.3) is 0 Å². The number of imidazole rings is 1. The minimum atomic E-state index is 0.136. The highest BCUT2D eigenvalue weighted by molar-refractivity contribution is 5.97. The quantitative estimate of drug-likeness (QED) is 0.793. The summed E-state index contributed by atoms with van der Waals surface area (Å²) < 4.78 is 1.82. The molecule has 2 aliphatic heterocycles. The number of aromatic nitrogens is 3. The Morgan fingerprint density at radius 3 is 2.76 bits per heavy atom. The third-order valence-electron chi connectivity index (χ3n) is 5.25. The third kappa shape index (κ3) is 2.07. The Morgan fingerprint density at radius 1 is 1.24 bits per heavy atom. The van der Waals surface area contributed by atoms with Crippen LogP contribution >= 0.6 is 0 Å². The van der Waals surface area contributed by atoms with E-state index in [1.807, 2.05) is 16.7 Å². The highest BCUT2D eigenvalue weighted by atomic mass is 16.1. The van der Waals surface area contributed by atoms with Crippen molar-refractivity contribution in [3.05, 3.63) is 30.4 Å². The van der Waals surface area contributed by atoms with Crippen LogP contribution in [0.4, 0.5) is 0 Å². The van der Waals surface area contributed by atoms with Gasteiger partial charge in [-0.2, -0.15) is 0 Å². The van der Waals surface area contributed by atoms with E-state index in [1.165, 1.54) is 19.3 Å². The fraction of sp³-hybridized carbons (Fsp3) is 0.562. The fourth-order valence-corrected chi connectivity index (χ4v) is 4.05. The van der Waals surface area contributed by atoms with Gasteiger partial charge in [-0.25, -0.2) is 9.97 Å². The van der Waals surface area contributed by atoms with E-state index in [-0.39, 0.29) is 11.7 Å². The number of rotatable bonds is 2. The Bertz CT molecular complexity index is 666. The fourth-order valence-electron chi connectivity index (χ4n) is 4.05. The predicted octanol–water partition coefficient (Wildman–Crippen LogP) is 2.17. The van der Waals surface area contributed by atoms with Crippen LogP contribution in [0.3, 0.4) is 0 Å². The number of carbonyl (C=O) groups excluding carboxylic acids is 1. The largest absolute Gasteiger partial charge is 0.300 e. The molecule has 5 heteroatoms. The predicted molar refractivity (Wildman–Crippen MR) is 79.2 cm³/mol. The van der Waals surface area contributed by atoms with Gasteiger partial charge in [-0.1, -0.05) is 6.42 Å². The Hall–Kier alpha value is -1.75. The van der Waals surface area contributed by atoms with Crippen LogP contribution in [-0.2, 0) is 0 Å². The number of carbonyl (C=O) groups is 1. The van der Waals surface area contributed by atoms with Crippen molar-refractivity contribution in [1.29, 1.82) is 0 Å². The highest BCUT2D eigenvalue weighted by Crippen LogP contribution is 2.37. The molecular weight excluding hydrogens is 264 g/mol. The van der Waals surface area contributed by atoms with Gasteiger partial charge in [0.15, 0.2) is 5.78 Å². The van der Waals surface area contributed by atoms with Crippen molar-refractivity contribution in [3.8, 4) is 0 Å². The smallest absolute Gasteiger partial charge is 0.234 e. The van der Waals surface area contributed by atoms with Crippen LogP contribution in [0.1, 0.15) is 42.6 Å². The average molecular weight is 284 g/mol. The van der Waals surface area contributed by atoms with Gasteiger partial charge in [-0.3, -0.25) is 9.20 Å². The molecule has 2 aromatic heterocycles. The van der Waals surface area contributed by atoms with Gasteiger partial charge in [0.2, 0.25) is 5.78 Å². The summed E-state index contributed by atoms with van der Waals surface area (Å²) in [7, 11) is 2.22. The minimum Gasteiger partial charge on any atom is -0.300 e. The first-order chi connectivity index (χ1) is 10.2. The second-order valence-electron chi connectivity index (χ2n) is 6.37.